The van der Waals surface area contributed by atoms with Crippen molar-refractivity contribution in [3.63, 3.8) is 0 Å². The van der Waals surface area contributed by atoms with Crippen LogP contribution in [0.5, 0.6) is 11.5 Å². The number of phenols is 1. The number of aliphatic carboxylic acids is 1. The van der Waals surface area contributed by atoms with Gasteiger partial charge in [-0.15, -0.1) is 0 Å². The second-order valence-corrected chi connectivity index (χ2v) is 9.82. The Morgan fingerprint density at radius 2 is 1.76 bits per heavy atom. The lowest BCUT2D eigenvalue weighted by atomic mass is 9.54. The zero-order valence-corrected chi connectivity index (χ0v) is 24.6. The zero-order chi connectivity index (χ0) is 28.2. The van der Waals surface area contributed by atoms with E-state index in [-0.39, 0.29) is 23.5 Å². The molecule has 1 aromatic rings. The van der Waals surface area contributed by atoms with Gasteiger partial charge in [-0.3, -0.25) is 9.59 Å². The lowest BCUT2D eigenvalue weighted by Crippen LogP contribution is -2.44. The second-order valence-electron chi connectivity index (χ2n) is 9.82. The predicted molar refractivity (Wildman–Crippen MR) is 150 cm³/mol. The highest BCUT2D eigenvalue weighted by molar-refractivity contribution is 5.87. The van der Waals surface area contributed by atoms with Gasteiger partial charge in [0.2, 0.25) is 0 Å². The molecule has 1 aromatic carbocycles. The number of aromatic hydroxyl groups is 1. The van der Waals surface area contributed by atoms with Gasteiger partial charge in [-0.2, -0.15) is 0 Å². The molecule has 2 fully saturated rings. The summed E-state index contributed by atoms with van der Waals surface area (Å²) in [7, 11) is 1.62. The maximum absolute atomic E-state index is 13.0. The van der Waals surface area contributed by atoms with Crippen LogP contribution in [0.1, 0.15) is 110 Å². The van der Waals surface area contributed by atoms with E-state index >= 15 is 0 Å². The van der Waals surface area contributed by atoms with Crippen LogP contribution in [-0.2, 0) is 20.7 Å². The number of benzene rings is 1. The molecule has 2 saturated carbocycles. The van der Waals surface area contributed by atoms with Crippen LogP contribution in [0.2, 0.25) is 0 Å². The number of carbonyl (C=O) groups excluding carboxylic acids is 1. The highest BCUT2D eigenvalue weighted by Gasteiger charge is 2.58. The first kappa shape index (κ1) is 32.9. The van der Waals surface area contributed by atoms with E-state index in [1.807, 2.05) is 53.7 Å². The van der Waals surface area contributed by atoms with Crippen molar-refractivity contribution >= 4 is 11.8 Å². The number of carbonyl (C=O) groups is 2. The van der Waals surface area contributed by atoms with Gasteiger partial charge in [-0.05, 0) is 85.5 Å². The first-order valence-corrected chi connectivity index (χ1v) is 14.6. The number of fused-ring (bicyclic) bond motifs is 5. The Morgan fingerprint density at radius 3 is 2.38 bits per heavy atom. The van der Waals surface area contributed by atoms with Crippen molar-refractivity contribution in [2.75, 3.05) is 20.3 Å². The SMILES string of the molecule is CC.CC.CC.COCCOc1cc2c(cc1O)CCC1[C@@H]2CCC2(C)C(=O)C[C@H](CCCC(=O)O)[C@@H]12. The summed E-state index contributed by atoms with van der Waals surface area (Å²) < 4.78 is 10.8. The fraction of sp³-hybridized carbons (Fsp3) is 0.742. The molecule has 0 amide bonds. The number of hydrogen-bond donors (Lipinski definition) is 2. The number of Topliss-reactive ketones (excluding diaryl/α,β-unsaturated/α-hetero) is 1. The topological polar surface area (TPSA) is 93.1 Å². The molecule has 6 nitrogen and oxygen atoms in total. The molecule has 0 radical (unpaired) electrons. The number of phenolic OH excluding ortho intramolecular Hbond substituents is 1. The number of carboxylic acids is 1. The van der Waals surface area contributed by atoms with Crippen molar-refractivity contribution in [3.05, 3.63) is 23.3 Å². The lowest BCUT2D eigenvalue weighted by molar-refractivity contribution is -0.137. The molecule has 0 aliphatic heterocycles. The van der Waals surface area contributed by atoms with Gasteiger partial charge < -0.3 is 19.7 Å². The Morgan fingerprint density at radius 1 is 1.08 bits per heavy atom. The standard InChI is InChI=1S/C25H34O6.3C2H6/c1-25-9-8-17-18(24(25)16(13-22(25)27)4-3-5-23(28)29)7-6-15-12-20(26)21(14-19(15)17)31-11-10-30-2;3*1-2/h12,14,16-18,24,26H,3-11,13H2,1-2H3,(H,28,29);3*1-2H3/t16-,17-,18?,24-,25?;;;/m0.../s1. The summed E-state index contributed by atoms with van der Waals surface area (Å²) in [5.74, 6) is 1.66. The van der Waals surface area contributed by atoms with E-state index in [1.165, 1.54) is 11.1 Å². The summed E-state index contributed by atoms with van der Waals surface area (Å²) >= 11 is 0. The van der Waals surface area contributed by atoms with Gasteiger partial charge in [0, 0.05) is 25.4 Å². The van der Waals surface area contributed by atoms with Crippen LogP contribution in [0.4, 0.5) is 0 Å². The number of aryl methyl sites for hydroxylation is 1. The Kier molecular flexibility index (Phi) is 14.3. The zero-order valence-electron chi connectivity index (χ0n) is 24.6. The van der Waals surface area contributed by atoms with Crippen molar-refractivity contribution < 1.29 is 29.3 Å². The summed E-state index contributed by atoms with van der Waals surface area (Å²) in [5.41, 5.74) is 2.17. The first-order chi connectivity index (χ1) is 17.8. The average molecular weight is 521 g/mol. The van der Waals surface area contributed by atoms with E-state index in [4.69, 9.17) is 14.6 Å². The van der Waals surface area contributed by atoms with Crippen molar-refractivity contribution in [3.8, 4) is 11.5 Å². The molecule has 0 spiro atoms. The third-order valence-corrected chi connectivity index (χ3v) is 8.16. The number of ketones is 1. The molecule has 2 N–H and O–H groups in total. The minimum atomic E-state index is -0.763. The summed E-state index contributed by atoms with van der Waals surface area (Å²) in [6.45, 7) is 15.0. The fourth-order valence-electron chi connectivity index (χ4n) is 6.78. The van der Waals surface area contributed by atoms with E-state index in [2.05, 4.69) is 6.92 Å². The van der Waals surface area contributed by atoms with Gasteiger partial charge in [0.05, 0.1) is 6.61 Å². The smallest absolute Gasteiger partial charge is 0.303 e. The molecule has 3 aliphatic rings. The Bertz CT molecular complexity index is 850. The molecule has 6 heteroatoms. The number of ether oxygens (including phenoxy) is 2. The summed E-state index contributed by atoms with van der Waals surface area (Å²) in [6.07, 6.45) is 5.99. The maximum Gasteiger partial charge on any atom is 0.303 e. The minimum Gasteiger partial charge on any atom is -0.504 e. The molecule has 0 saturated heterocycles. The maximum atomic E-state index is 13.0. The molecule has 2 unspecified atom stereocenters. The average Bonchev–Trinajstić information content (AvgIpc) is 3.17. The third-order valence-electron chi connectivity index (χ3n) is 8.16. The van der Waals surface area contributed by atoms with Crippen molar-refractivity contribution in [2.24, 2.45) is 23.2 Å². The third kappa shape index (κ3) is 7.49. The van der Waals surface area contributed by atoms with Crippen LogP contribution >= 0.6 is 0 Å². The van der Waals surface area contributed by atoms with E-state index in [0.29, 0.717) is 55.3 Å². The highest BCUT2D eigenvalue weighted by Crippen LogP contribution is 2.62. The Balaban J connectivity index is 0.00000106. The van der Waals surface area contributed by atoms with Crippen LogP contribution in [0.15, 0.2) is 12.1 Å². The monoisotopic (exact) mass is 520 g/mol. The van der Waals surface area contributed by atoms with Gasteiger partial charge >= 0.3 is 5.97 Å². The molecule has 5 atom stereocenters. The van der Waals surface area contributed by atoms with Crippen molar-refractivity contribution in [1.82, 2.24) is 0 Å². The summed E-state index contributed by atoms with van der Waals surface area (Å²) in [5, 5.41) is 19.5. The fourth-order valence-corrected chi connectivity index (χ4v) is 6.78. The van der Waals surface area contributed by atoms with Crippen LogP contribution in [0.25, 0.3) is 0 Å². The van der Waals surface area contributed by atoms with Gasteiger partial charge in [0.1, 0.15) is 12.4 Å². The van der Waals surface area contributed by atoms with Crippen molar-refractivity contribution in [1.29, 1.82) is 0 Å². The molecule has 37 heavy (non-hydrogen) atoms. The normalized spacial score (nSPS) is 27.0. The van der Waals surface area contributed by atoms with Gasteiger partial charge in [-0.25, -0.2) is 0 Å². The van der Waals surface area contributed by atoms with E-state index < -0.39 is 5.97 Å². The van der Waals surface area contributed by atoms with Crippen LogP contribution in [-0.4, -0.2) is 42.3 Å². The van der Waals surface area contributed by atoms with Gasteiger partial charge in [0.25, 0.3) is 0 Å². The molecule has 3 aliphatic carbocycles. The molecule has 212 valence electrons. The van der Waals surface area contributed by atoms with Gasteiger partial charge in [0.15, 0.2) is 11.5 Å². The molecule has 4 rings (SSSR count). The van der Waals surface area contributed by atoms with Crippen molar-refractivity contribution in [2.45, 2.75) is 106 Å². The Labute approximate surface area is 225 Å². The molecule has 0 aromatic heterocycles. The molecule has 0 bridgehead atoms. The largest absolute Gasteiger partial charge is 0.504 e. The lowest BCUT2D eigenvalue weighted by Gasteiger charge is -2.50. The quantitative estimate of drug-likeness (QED) is 0.347. The summed E-state index contributed by atoms with van der Waals surface area (Å²) in [4.78, 5) is 24.0. The van der Waals surface area contributed by atoms with Crippen LogP contribution in [0, 0.1) is 23.2 Å². The molecule has 0 heterocycles. The molecular weight excluding hydrogens is 468 g/mol. The number of hydrogen-bond acceptors (Lipinski definition) is 5. The first-order valence-electron chi connectivity index (χ1n) is 14.6. The number of rotatable bonds is 8. The van der Waals surface area contributed by atoms with Crippen LogP contribution in [0.3, 0.4) is 0 Å². The minimum absolute atomic E-state index is 0.173. The van der Waals surface area contributed by atoms with E-state index in [1.54, 1.807) is 7.11 Å². The summed E-state index contributed by atoms with van der Waals surface area (Å²) in [6, 6.07) is 3.86. The number of carboxylic acid groups (broad SMARTS) is 1. The second kappa shape index (κ2) is 16.0. The van der Waals surface area contributed by atoms with Gasteiger partial charge in [-0.1, -0.05) is 48.5 Å². The van der Waals surface area contributed by atoms with Crippen LogP contribution < -0.4 is 4.74 Å². The number of methoxy groups -OCH3 is 1. The highest BCUT2D eigenvalue weighted by atomic mass is 16.5. The van der Waals surface area contributed by atoms with E-state index in [0.717, 1.165) is 32.1 Å². The predicted octanol–water partition coefficient (Wildman–Crippen LogP) is 7.40. The molecular formula is C31H52O6. The Hall–Kier alpha value is -2.08. The van der Waals surface area contributed by atoms with E-state index in [9.17, 15) is 14.7 Å².